The number of aryl methyl sites for hydroxylation is 1. The summed E-state index contributed by atoms with van der Waals surface area (Å²) in [5.74, 6) is -1.82. The number of carboxylic acid groups (broad SMARTS) is 1. The Morgan fingerprint density at radius 2 is 2.08 bits per heavy atom. The van der Waals surface area contributed by atoms with Crippen LogP contribution in [0.1, 0.15) is 35.7 Å². The number of amides is 2. The molecule has 0 bridgehead atoms. The molecule has 0 aliphatic carbocycles. The zero-order valence-corrected chi connectivity index (χ0v) is 14.7. The van der Waals surface area contributed by atoms with Crippen LogP contribution in [0, 0.1) is 22.5 Å². The first-order chi connectivity index (χ1) is 12.1. The Morgan fingerprint density at radius 3 is 2.65 bits per heavy atom. The number of hydrogen-bond donors (Lipinski definition) is 2. The molecule has 1 aliphatic heterocycles. The molecule has 0 spiro atoms. The predicted octanol–water partition coefficient (Wildman–Crippen LogP) is 1.35. The smallest absolute Gasteiger partial charge is 0.311 e. The maximum atomic E-state index is 12.3. The van der Waals surface area contributed by atoms with E-state index in [1.807, 2.05) is 0 Å². The van der Waals surface area contributed by atoms with Crippen molar-refractivity contribution in [3.05, 3.63) is 39.4 Å². The van der Waals surface area contributed by atoms with Gasteiger partial charge in [0.2, 0.25) is 5.91 Å². The molecule has 1 aliphatic rings. The molecule has 1 heterocycles. The fourth-order valence-electron chi connectivity index (χ4n) is 3.00. The molecule has 140 valence electrons. The van der Waals surface area contributed by atoms with E-state index >= 15 is 0 Å². The zero-order chi connectivity index (χ0) is 19.5. The lowest BCUT2D eigenvalue weighted by Gasteiger charge is -2.37. The van der Waals surface area contributed by atoms with E-state index in [0.29, 0.717) is 24.9 Å². The maximum Gasteiger partial charge on any atom is 0.311 e. The van der Waals surface area contributed by atoms with Crippen molar-refractivity contribution in [2.45, 2.75) is 26.7 Å². The summed E-state index contributed by atoms with van der Waals surface area (Å²) in [5.41, 5.74) is -0.496. The van der Waals surface area contributed by atoms with Gasteiger partial charge < -0.3 is 15.3 Å². The third-order valence-electron chi connectivity index (χ3n) is 4.62. The van der Waals surface area contributed by atoms with Gasteiger partial charge in [0.15, 0.2) is 0 Å². The molecule has 26 heavy (non-hydrogen) atoms. The van der Waals surface area contributed by atoms with E-state index in [1.54, 1.807) is 6.92 Å². The van der Waals surface area contributed by atoms with E-state index in [-0.39, 0.29) is 30.2 Å². The van der Waals surface area contributed by atoms with Crippen LogP contribution >= 0.6 is 0 Å². The third kappa shape index (κ3) is 4.16. The molecule has 1 atom stereocenters. The monoisotopic (exact) mass is 363 g/mol. The van der Waals surface area contributed by atoms with Crippen molar-refractivity contribution in [1.82, 2.24) is 10.2 Å². The quantitative estimate of drug-likeness (QED) is 0.600. The average Bonchev–Trinajstić information content (AvgIpc) is 2.58. The average molecular weight is 363 g/mol. The minimum atomic E-state index is -0.979. The highest BCUT2D eigenvalue weighted by atomic mass is 16.6. The number of carboxylic acids is 1. The molecule has 1 unspecified atom stereocenters. The summed E-state index contributed by atoms with van der Waals surface area (Å²) in [4.78, 5) is 47.5. The Morgan fingerprint density at radius 1 is 1.38 bits per heavy atom. The summed E-state index contributed by atoms with van der Waals surface area (Å²) in [6.45, 7) is 3.43. The van der Waals surface area contributed by atoms with Gasteiger partial charge in [-0.2, -0.15) is 0 Å². The molecule has 0 saturated carbocycles. The number of nitrogens with zero attached hydrogens (tertiary/aromatic N) is 2. The molecule has 1 aromatic rings. The van der Waals surface area contributed by atoms with Crippen molar-refractivity contribution in [3.63, 3.8) is 0 Å². The van der Waals surface area contributed by atoms with Crippen LogP contribution in [-0.4, -0.2) is 52.3 Å². The van der Waals surface area contributed by atoms with Gasteiger partial charge in [0.05, 0.1) is 16.9 Å². The number of rotatable bonds is 5. The molecule has 2 amide bonds. The Hall–Kier alpha value is -2.97. The van der Waals surface area contributed by atoms with Gasteiger partial charge >= 0.3 is 5.97 Å². The molecule has 1 aromatic carbocycles. The largest absolute Gasteiger partial charge is 0.481 e. The zero-order valence-electron chi connectivity index (χ0n) is 14.7. The Bertz CT molecular complexity index is 763. The number of benzene rings is 1. The van der Waals surface area contributed by atoms with Gasteiger partial charge in [0.25, 0.3) is 11.6 Å². The van der Waals surface area contributed by atoms with Crippen LogP contribution < -0.4 is 5.32 Å². The molecule has 9 nitrogen and oxygen atoms in total. The molecule has 9 heteroatoms. The number of nitrogens with one attached hydrogen (secondary N) is 1. The minimum absolute atomic E-state index is 0.0844. The lowest BCUT2D eigenvalue weighted by molar-refractivity contribution is -0.385. The number of aliphatic carboxylic acids is 1. The highest BCUT2D eigenvalue weighted by Gasteiger charge is 2.39. The summed E-state index contributed by atoms with van der Waals surface area (Å²) < 4.78 is 0. The van der Waals surface area contributed by atoms with Crippen LogP contribution in [0.25, 0.3) is 0 Å². The van der Waals surface area contributed by atoms with Gasteiger partial charge in [0, 0.05) is 30.3 Å². The normalized spacial score (nSPS) is 19.7. The molecule has 0 radical (unpaired) electrons. The van der Waals surface area contributed by atoms with Gasteiger partial charge in [-0.25, -0.2) is 0 Å². The van der Waals surface area contributed by atoms with Crippen LogP contribution in [-0.2, 0) is 9.59 Å². The number of hydrogen-bond acceptors (Lipinski definition) is 5. The minimum Gasteiger partial charge on any atom is -0.481 e. The van der Waals surface area contributed by atoms with Crippen LogP contribution in [0.5, 0.6) is 0 Å². The van der Waals surface area contributed by atoms with E-state index in [9.17, 15) is 29.6 Å². The molecule has 2 N–H and O–H groups in total. The van der Waals surface area contributed by atoms with E-state index < -0.39 is 22.2 Å². The van der Waals surface area contributed by atoms with Gasteiger partial charge in [-0.15, -0.1) is 0 Å². The van der Waals surface area contributed by atoms with Crippen LogP contribution in [0.3, 0.4) is 0 Å². The number of carbonyl (C=O) groups excluding carboxylic acids is 2. The SMILES string of the molecule is Cc1cc(C(=O)NCC(=O)N2CCCC(C)(C(=O)O)C2)ccc1[N+](=O)[O-]. The first kappa shape index (κ1) is 19.4. The van der Waals surface area contributed by atoms with Gasteiger partial charge in [-0.05, 0) is 38.8 Å². The van der Waals surface area contributed by atoms with Crippen LogP contribution in [0.4, 0.5) is 5.69 Å². The van der Waals surface area contributed by atoms with E-state index in [0.717, 1.165) is 0 Å². The van der Waals surface area contributed by atoms with Crippen molar-refractivity contribution in [2.24, 2.45) is 5.41 Å². The Kier molecular flexibility index (Phi) is 5.59. The summed E-state index contributed by atoms with van der Waals surface area (Å²) >= 11 is 0. The van der Waals surface area contributed by atoms with Crippen molar-refractivity contribution in [2.75, 3.05) is 19.6 Å². The molecule has 1 fully saturated rings. The summed E-state index contributed by atoms with van der Waals surface area (Å²) in [5, 5.41) is 22.6. The second kappa shape index (κ2) is 7.51. The number of piperidine rings is 1. The highest BCUT2D eigenvalue weighted by Crippen LogP contribution is 2.29. The molecule has 1 saturated heterocycles. The molecular weight excluding hydrogens is 342 g/mol. The summed E-state index contributed by atoms with van der Waals surface area (Å²) in [7, 11) is 0. The predicted molar refractivity (Wildman–Crippen MR) is 91.7 cm³/mol. The van der Waals surface area contributed by atoms with Crippen LogP contribution in [0.2, 0.25) is 0 Å². The van der Waals surface area contributed by atoms with Crippen molar-refractivity contribution < 1.29 is 24.4 Å². The fourth-order valence-corrected chi connectivity index (χ4v) is 3.00. The van der Waals surface area contributed by atoms with Crippen molar-refractivity contribution >= 4 is 23.5 Å². The van der Waals surface area contributed by atoms with Gasteiger partial charge in [0.1, 0.15) is 0 Å². The molecule has 2 rings (SSSR count). The number of likely N-dealkylation sites (tertiary alicyclic amines) is 1. The first-order valence-electron chi connectivity index (χ1n) is 8.18. The molecule has 0 aromatic heterocycles. The first-order valence-corrected chi connectivity index (χ1v) is 8.18. The van der Waals surface area contributed by atoms with Gasteiger partial charge in [-0.1, -0.05) is 0 Å². The highest BCUT2D eigenvalue weighted by molar-refractivity contribution is 5.97. The molecular formula is C17H21N3O6. The lowest BCUT2D eigenvalue weighted by atomic mass is 9.82. The van der Waals surface area contributed by atoms with E-state index in [4.69, 9.17) is 0 Å². The maximum absolute atomic E-state index is 12.3. The second-order valence-corrected chi connectivity index (χ2v) is 6.73. The van der Waals surface area contributed by atoms with Crippen molar-refractivity contribution in [3.8, 4) is 0 Å². The van der Waals surface area contributed by atoms with E-state index in [1.165, 1.54) is 30.0 Å². The standard InChI is InChI=1S/C17H21N3O6/c1-11-8-12(4-5-13(11)20(25)26)15(22)18-9-14(21)19-7-3-6-17(2,10-19)16(23)24/h4-5,8H,3,6-7,9-10H2,1-2H3,(H,18,22)(H,23,24). The lowest BCUT2D eigenvalue weighted by Crippen LogP contribution is -2.50. The van der Waals surface area contributed by atoms with Crippen molar-refractivity contribution in [1.29, 1.82) is 0 Å². The summed E-state index contributed by atoms with van der Waals surface area (Å²) in [6.07, 6.45) is 1.09. The van der Waals surface area contributed by atoms with E-state index in [2.05, 4.69) is 5.32 Å². The fraction of sp³-hybridized carbons (Fsp3) is 0.471. The van der Waals surface area contributed by atoms with Gasteiger partial charge in [-0.3, -0.25) is 24.5 Å². The van der Waals surface area contributed by atoms with Crippen LogP contribution in [0.15, 0.2) is 18.2 Å². The number of carbonyl (C=O) groups is 3. The third-order valence-corrected chi connectivity index (χ3v) is 4.62. The second-order valence-electron chi connectivity index (χ2n) is 6.73. The number of nitro groups is 1. The number of nitro benzene ring substituents is 1. The topological polar surface area (TPSA) is 130 Å². The Labute approximate surface area is 150 Å². The Balaban J connectivity index is 1.97. The summed E-state index contributed by atoms with van der Waals surface area (Å²) in [6, 6.07) is 3.96.